The van der Waals surface area contributed by atoms with E-state index in [4.69, 9.17) is 14.2 Å². The highest BCUT2D eigenvalue weighted by atomic mass is 16.7. The summed E-state index contributed by atoms with van der Waals surface area (Å²) in [5.41, 5.74) is 3.26. The van der Waals surface area contributed by atoms with Crippen molar-refractivity contribution < 1.29 is 23.8 Å². The first kappa shape index (κ1) is 22.1. The Morgan fingerprint density at radius 3 is 3.00 bits per heavy atom. The third kappa shape index (κ3) is 4.26. The van der Waals surface area contributed by atoms with Crippen molar-refractivity contribution in [1.29, 1.82) is 0 Å². The number of carbonyl (C=O) groups excluding carboxylic acids is 2. The lowest BCUT2D eigenvalue weighted by molar-refractivity contribution is -0.124. The van der Waals surface area contributed by atoms with Gasteiger partial charge in [0.1, 0.15) is 18.2 Å². The lowest BCUT2D eigenvalue weighted by Gasteiger charge is -2.23. The van der Waals surface area contributed by atoms with Crippen LogP contribution in [0.4, 0.5) is 11.6 Å². The van der Waals surface area contributed by atoms with Gasteiger partial charge in [0.05, 0.1) is 0 Å². The molecule has 0 spiro atoms. The molecule has 3 aromatic rings. The zero-order valence-corrected chi connectivity index (χ0v) is 19.5. The Morgan fingerprint density at radius 2 is 2.08 bits per heavy atom. The lowest BCUT2D eigenvalue weighted by Crippen LogP contribution is -2.50. The number of anilines is 2. The number of carbonyl (C=O) groups is 2. The summed E-state index contributed by atoms with van der Waals surface area (Å²) >= 11 is 0. The van der Waals surface area contributed by atoms with Gasteiger partial charge in [0.25, 0.3) is 5.91 Å². The highest BCUT2D eigenvalue weighted by Crippen LogP contribution is 2.35. The summed E-state index contributed by atoms with van der Waals surface area (Å²) in [5.74, 6) is 1.29. The van der Waals surface area contributed by atoms with E-state index >= 15 is 0 Å². The third-order valence-corrected chi connectivity index (χ3v) is 6.52. The summed E-state index contributed by atoms with van der Waals surface area (Å²) in [6.45, 7) is 1.69. The zero-order chi connectivity index (χ0) is 24.5. The second-order valence-electron chi connectivity index (χ2n) is 8.85. The molecule has 2 aromatic carbocycles. The van der Waals surface area contributed by atoms with Crippen molar-refractivity contribution >= 4 is 23.5 Å². The van der Waals surface area contributed by atoms with Crippen LogP contribution in [-0.4, -0.2) is 47.7 Å². The second-order valence-corrected chi connectivity index (χ2v) is 8.85. The average molecular weight is 488 g/mol. The van der Waals surface area contributed by atoms with Crippen LogP contribution in [0.3, 0.4) is 0 Å². The summed E-state index contributed by atoms with van der Waals surface area (Å²) in [6.07, 6.45) is 3.72. The van der Waals surface area contributed by atoms with Crippen molar-refractivity contribution in [3.63, 3.8) is 0 Å². The third-order valence-electron chi connectivity index (χ3n) is 6.52. The normalized spacial score (nSPS) is 17.9. The molecule has 0 bridgehead atoms. The molecular weight excluding hydrogens is 462 g/mol. The molecule has 2 amide bonds. The maximum atomic E-state index is 13.2. The molecule has 6 rings (SSSR count). The van der Waals surface area contributed by atoms with Gasteiger partial charge >= 0.3 is 0 Å². The Hall–Kier alpha value is -4.34. The number of aromatic nitrogens is 2. The summed E-state index contributed by atoms with van der Waals surface area (Å²) in [6, 6.07) is 13.0. The Labute approximate surface area is 207 Å². The number of amides is 2. The van der Waals surface area contributed by atoms with E-state index in [0.29, 0.717) is 30.4 Å². The fourth-order valence-electron chi connectivity index (χ4n) is 4.63. The topological polar surface area (TPSA) is 115 Å². The number of benzene rings is 2. The van der Waals surface area contributed by atoms with Gasteiger partial charge in [-0.25, -0.2) is 4.98 Å². The van der Waals surface area contributed by atoms with Crippen LogP contribution < -0.4 is 29.7 Å². The first-order valence-electron chi connectivity index (χ1n) is 12.0. The molecule has 10 nitrogen and oxygen atoms in total. The molecule has 0 aliphatic carbocycles. The van der Waals surface area contributed by atoms with E-state index in [1.807, 2.05) is 41.3 Å². The Balaban J connectivity index is 1.28. The van der Waals surface area contributed by atoms with E-state index in [2.05, 4.69) is 26.7 Å². The number of hydrogen-bond donors (Lipinski definition) is 2. The molecule has 184 valence electrons. The Kier molecular flexibility index (Phi) is 5.76. The highest BCUT2D eigenvalue weighted by Gasteiger charge is 2.28. The molecule has 36 heavy (non-hydrogen) atoms. The van der Waals surface area contributed by atoms with Crippen LogP contribution in [-0.2, 0) is 17.8 Å². The summed E-state index contributed by atoms with van der Waals surface area (Å²) in [5, 5.41) is 5.58. The van der Waals surface area contributed by atoms with Crippen LogP contribution in [0.25, 0.3) is 0 Å². The quantitative estimate of drug-likeness (QED) is 0.545. The monoisotopic (exact) mass is 487 g/mol. The number of rotatable bonds is 6. The maximum Gasteiger partial charge on any atom is 0.259 e. The number of para-hydroxylation sites is 1. The van der Waals surface area contributed by atoms with E-state index in [1.165, 1.54) is 11.8 Å². The van der Waals surface area contributed by atoms with Crippen LogP contribution >= 0.6 is 0 Å². The average Bonchev–Trinajstić information content (AvgIpc) is 3.55. The molecule has 3 aliphatic rings. The van der Waals surface area contributed by atoms with Crippen molar-refractivity contribution in [3.8, 4) is 17.4 Å². The molecular formula is C26H25N5O5. The largest absolute Gasteiger partial charge is 0.472 e. The molecule has 10 heteroatoms. The molecule has 0 saturated carbocycles. The van der Waals surface area contributed by atoms with Crippen molar-refractivity contribution in [2.45, 2.75) is 31.9 Å². The first-order chi connectivity index (χ1) is 17.7. The highest BCUT2D eigenvalue weighted by molar-refractivity contribution is 5.99. The summed E-state index contributed by atoms with van der Waals surface area (Å²) < 4.78 is 16.9. The fourth-order valence-corrected chi connectivity index (χ4v) is 4.63. The van der Waals surface area contributed by atoms with Crippen molar-refractivity contribution in [3.05, 3.63) is 65.4 Å². The van der Waals surface area contributed by atoms with Gasteiger partial charge in [-0.2, -0.15) is 4.98 Å². The molecule has 1 atom stereocenters. The van der Waals surface area contributed by atoms with E-state index in [1.54, 1.807) is 0 Å². The minimum Gasteiger partial charge on any atom is -0.472 e. The van der Waals surface area contributed by atoms with Gasteiger partial charge in [0, 0.05) is 25.0 Å². The standard InChI is InChI=1S/C26H25N5O5/c32-23(29-19-5-3-10-27-24(19)33)18-13-28-26(31-11-9-17-4-1-2-6-20(17)31)30-25(18)34-14-16-7-8-21-22(12-16)36-15-35-21/h1-2,4,6-8,12-13,19H,3,5,9-11,14-15H2,(H,27,33)(H,29,32). The SMILES string of the molecule is O=C(NC1CCCNC1=O)c1cnc(N2CCc3ccccc32)nc1OCc1ccc2c(c1)OCO2. The number of hydrogen-bond acceptors (Lipinski definition) is 8. The number of fused-ring (bicyclic) bond motifs is 2. The molecule has 1 unspecified atom stereocenters. The van der Waals surface area contributed by atoms with Crippen LogP contribution in [0, 0.1) is 0 Å². The summed E-state index contributed by atoms with van der Waals surface area (Å²) in [7, 11) is 0. The predicted molar refractivity (Wildman–Crippen MR) is 130 cm³/mol. The molecule has 1 fully saturated rings. The van der Waals surface area contributed by atoms with E-state index in [-0.39, 0.29) is 30.8 Å². The maximum absolute atomic E-state index is 13.2. The molecule has 3 aliphatic heterocycles. The number of piperidine rings is 1. The minimum atomic E-state index is -0.599. The first-order valence-corrected chi connectivity index (χ1v) is 12.0. The fraction of sp³-hybridized carbons (Fsp3) is 0.308. The smallest absolute Gasteiger partial charge is 0.259 e. The van der Waals surface area contributed by atoms with Crippen LogP contribution in [0.15, 0.2) is 48.7 Å². The van der Waals surface area contributed by atoms with E-state index in [0.717, 1.165) is 30.6 Å². The van der Waals surface area contributed by atoms with Crippen LogP contribution in [0.1, 0.15) is 34.3 Å². The van der Waals surface area contributed by atoms with Gasteiger partial charge in [0.2, 0.25) is 24.5 Å². The van der Waals surface area contributed by atoms with E-state index in [9.17, 15) is 9.59 Å². The van der Waals surface area contributed by atoms with Gasteiger partial charge < -0.3 is 29.7 Å². The zero-order valence-electron chi connectivity index (χ0n) is 19.5. The van der Waals surface area contributed by atoms with Crippen molar-refractivity contribution in [2.75, 3.05) is 24.8 Å². The Morgan fingerprint density at radius 1 is 1.19 bits per heavy atom. The number of nitrogens with zero attached hydrogens (tertiary/aromatic N) is 3. The minimum absolute atomic E-state index is 0.149. The lowest BCUT2D eigenvalue weighted by atomic mass is 10.1. The summed E-state index contributed by atoms with van der Waals surface area (Å²) in [4.78, 5) is 36.5. The van der Waals surface area contributed by atoms with Gasteiger partial charge in [-0.3, -0.25) is 9.59 Å². The van der Waals surface area contributed by atoms with Crippen LogP contribution in [0.5, 0.6) is 17.4 Å². The van der Waals surface area contributed by atoms with Gasteiger partial charge in [-0.15, -0.1) is 0 Å². The molecule has 2 N–H and O–H groups in total. The van der Waals surface area contributed by atoms with Gasteiger partial charge in [-0.1, -0.05) is 24.3 Å². The molecule has 1 saturated heterocycles. The molecule has 0 radical (unpaired) electrons. The van der Waals surface area contributed by atoms with Gasteiger partial charge in [-0.05, 0) is 48.6 Å². The molecule has 4 heterocycles. The number of nitrogens with one attached hydrogen (secondary N) is 2. The Bertz CT molecular complexity index is 1330. The predicted octanol–water partition coefficient (Wildman–Crippen LogP) is 2.49. The van der Waals surface area contributed by atoms with Crippen molar-refractivity contribution in [2.24, 2.45) is 0 Å². The second kappa shape index (κ2) is 9.37. The van der Waals surface area contributed by atoms with E-state index < -0.39 is 11.9 Å². The van der Waals surface area contributed by atoms with Crippen LogP contribution in [0.2, 0.25) is 0 Å². The van der Waals surface area contributed by atoms with Gasteiger partial charge in [0.15, 0.2) is 11.5 Å². The molecule has 1 aromatic heterocycles. The number of ether oxygens (including phenoxy) is 3. The van der Waals surface area contributed by atoms with Crippen molar-refractivity contribution in [1.82, 2.24) is 20.6 Å².